The summed E-state index contributed by atoms with van der Waals surface area (Å²) in [6.45, 7) is 1.87. The van der Waals surface area contributed by atoms with Gasteiger partial charge in [0.1, 0.15) is 5.75 Å². The Labute approximate surface area is 194 Å². The number of benzene rings is 3. The maximum atomic E-state index is 12.7. The largest absolute Gasteiger partial charge is 0.513 e. The molecule has 0 aromatic heterocycles. The molecule has 0 spiro atoms. The quantitative estimate of drug-likeness (QED) is 0.201. The van der Waals surface area contributed by atoms with Crippen LogP contribution in [0.2, 0.25) is 0 Å². The Hall–Kier alpha value is -4.73. The van der Waals surface area contributed by atoms with Gasteiger partial charge in [0.05, 0.1) is 6.61 Å². The molecule has 0 fully saturated rings. The Balaban J connectivity index is 1.65. The molecule has 10 heteroatoms. The maximum absolute atomic E-state index is 12.7. The molecule has 0 saturated carbocycles. The van der Waals surface area contributed by atoms with Crippen molar-refractivity contribution in [3.63, 3.8) is 0 Å². The number of phenolic OH excluding ortho intramolecular Hbond substituents is 3. The summed E-state index contributed by atoms with van der Waals surface area (Å²) in [4.78, 5) is 36.4. The molecule has 3 rings (SSSR count). The fourth-order valence-corrected chi connectivity index (χ4v) is 2.92. The van der Waals surface area contributed by atoms with Crippen LogP contribution in [-0.2, 0) is 11.3 Å². The van der Waals surface area contributed by atoms with Crippen LogP contribution in [0, 0.1) is 0 Å². The van der Waals surface area contributed by atoms with Gasteiger partial charge in [-0.25, -0.2) is 4.79 Å². The monoisotopic (exact) mass is 466 g/mol. The van der Waals surface area contributed by atoms with E-state index in [1.807, 2.05) is 0 Å². The third-order valence-electron chi connectivity index (χ3n) is 4.62. The predicted molar refractivity (Wildman–Crippen MR) is 121 cm³/mol. The number of nitrogens with one attached hydrogen (secondary N) is 2. The standard InChI is InChI=1S/C24H22N2O8/c1-2-33-24(32)34-17-9-7-14(8-10-17)23(31)26-18-6-4-3-5-15(18)13-25-22(30)16-11-19(27)21(29)20(28)12-16/h3-12,27-29H,2,13H2,1H3,(H,25,30)(H,26,31). The molecule has 0 aliphatic rings. The van der Waals surface area contributed by atoms with Crippen LogP contribution in [0.25, 0.3) is 0 Å². The van der Waals surface area contributed by atoms with E-state index in [9.17, 15) is 29.7 Å². The summed E-state index contributed by atoms with van der Waals surface area (Å²) in [6, 6.07) is 14.7. The number of para-hydroxylation sites is 1. The first-order chi connectivity index (χ1) is 16.3. The highest BCUT2D eigenvalue weighted by molar-refractivity contribution is 6.04. The summed E-state index contributed by atoms with van der Waals surface area (Å²) in [5, 5.41) is 34.0. The summed E-state index contributed by atoms with van der Waals surface area (Å²) < 4.78 is 9.66. The van der Waals surface area contributed by atoms with E-state index in [2.05, 4.69) is 10.6 Å². The predicted octanol–water partition coefficient (Wildman–Crippen LogP) is 3.52. The fraction of sp³-hybridized carbons (Fsp3) is 0.125. The molecule has 176 valence electrons. The molecule has 3 aromatic carbocycles. The molecule has 0 saturated heterocycles. The molecule has 3 aromatic rings. The highest BCUT2D eigenvalue weighted by atomic mass is 16.7. The third-order valence-corrected chi connectivity index (χ3v) is 4.62. The van der Waals surface area contributed by atoms with Gasteiger partial charge >= 0.3 is 6.16 Å². The van der Waals surface area contributed by atoms with Crippen molar-refractivity contribution in [3.05, 3.63) is 77.4 Å². The van der Waals surface area contributed by atoms with Crippen molar-refractivity contribution < 1.29 is 39.2 Å². The summed E-state index contributed by atoms with van der Waals surface area (Å²) >= 11 is 0. The summed E-state index contributed by atoms with van der Waals surface area (Å²) in [7, 11) is 0. The van der Waals surface area contributed by atoms with E-state index in [4.69, 9.17) is 9.47 Å². The Morgan fingerprint density at radius 3 is 2.15 bits per heavy atom. The lowest BCUT2D eigenvalue weighted by atomic mass is 10.1. The van der Waals surface area contributed by atoms with Crippen molar-refractivity contribution in [2.75, 3.05) is 11.9 Å². The summed E-state index contributed by atoms with van der Waals surface area (Å²) in [6.07, 6.45) is -0.839. The van der Waals surface area contributed by atoms with E-state index >= 15 is 0 Å². The van der Waals surface area contributed by atoms with Crippen molar-refractivity contribution in [2.45, 2.75) is 13.5 Å². The fourth-order valence-electron chi connectivity index (χ4n) is 2.92. The van der Waals surface area contributed by atoms with Gasteiger partial charge < -0.3 is 35.4 Å². The minimum atomic E-state index is -0.839. The number of carbonyl (C=O) groups is 3. The number of rotatable bonds is 7. The van der Waals surface area contributed by atoms with Crippen molar-refractivity contribution in [2.24, 2.45) is 0 Å². The summed E-state index contributed by atoms with van der Waals surface area (Å²) in [5.74, 6) is -2.78. The van der Waals surface area contributed by atoms with Crippen molar-refractivity contribution in [3.8, 4) is 23.0 Å². The first kappa shape index (κ1) is 23.9. The van der Waals surface area contributed by atoms with E-state index in [0.29, 0.717) is 16.8 Å². The van der Waals surface area contributed by atoms with Crippen LogP contribution in [0.4, 0.5) is 10.5 Å². The Morgan fingerprint density at radius 1 is 0.853 bits per heavy atom. The molecule has 0 bridgehead atoms. The molecule has 0 unspecified atom stereocenters. The molecule has 0 aliphatic heterocycles. The van der Waals surface area contributed by atoms with Crippen molar-refractivity contribution >= 4 is 23.7 Å². The number of anilines is 1. The molecule has 0 atom stereocenters. The summed E-state index contributed by atoms with van der Waals surface area (Å²) in [5.41, 5.74) is 1.30. The van der Waals surface area contributed by atoms with Gasteiger partial charge in [-0.3, -0.25) is 9.59 Å². The third kappa shape index (κ3) is 5.94. The molecule has 2 amide bonds. The van der Waals surface area contributed by atoms with Gasteiger partial charge in [0.2, 0.25) is 0 Å². The van der Waals surface area contributed by atoms with Gasteiger partial charge in [0, 0.05) is 23.4 Å². The molecule has 0 radical (unpaired) electrons. The molecule has 5 N–H and O–H groups in total. The average Bonchev–Trinajstić information content (AvgIpc) is 2.82. The number of hydrogen-bond acceptors (Lipinski definition) is 8. The lowest BCUT2D eigenvalue weighted by Crippen LogP contribution is -2.24. The second-order valence-electron chi connectivity index (χ2n) is 6.97. The topological polar surface area (TPSA) is 154 Å². The van der Waals surface area contributed by atoms with Gasteiger partial charge in [-0.1, -0.05) is 18.2 Å². The lowest BCUT2D eigenvalue weighted by molar-refractivity contribution is 0.0948. The van der Waals surface area contributed by atoms with Gasteiger partial charge in [0.15, 0.2) is 17.2 Å². The van der Waals surface area contributed by atoms with Crippen molar-refractivity contribution in [1.29, 1.82) is 0 Å². The number of amides is 2. The SMILES string of the molecule is CCOC(=O)Oc1ccc(C(=O)Nc2ccccc2CNC(=O)c2cc(O)c(O)c(O)c2)cc1. The van der Waals surface area contributed by atoms with E-state index in [1.165, 1.54) is 24.3 Å². The number of ether oxygens (including phenoxy) is 2. The van der Waals surface area contributed by atoms with Crippen LogP contribution in [0.3, 0.4) is 0 Å². The zero-order valence-electron chi connectivity index (χ0n) is 18.1. The smallest absolute Gasteiger partial charge is 0.504 e. The molecule has 10 nitrogen and oxygen atoms in total. The van der Waals surface area contributed by atoms with Gasteiger partial charge in [-0.15, -0.1) is 0 Å². The number of carbonyl (C=O) groups excluding carboxylic acids is 3. The Kier molecular flexibility index (Phi) is 7.55. The first-order valence-corrected chi connectivity index (χ1v) is 10.2. The highest BCUT2D eigenvalue weighted by Gasteiger charge is 2.15. The number of hydrogen-bond donors (Lipinski definition) is 5. The van der Waals surface area contributed by atoms with Crippen LogP contribution >= 0.6 is 0 Å². The van der Waals surface area contributed by atoms with Gasteiger partial charge in [0.25, 0.3) is 11.8 Å². The van der Waals surface area contributed by atoms with E-state index < -0.39 is 35.2 Å². The number of aromatic hydroxyl groups is 3. The second-order valence-corrected chi connectivity index (χ2v) is 6.97. The molecule has 34 heavy (non-hydrogen) atoms. The van der Waals surface area contributed by atoms with Crippen molar-refractivity contribution in [1.82, 2.24) is 5.32 Å². The lowest BCUT2D eigenvalue weighted by Gasteiger charge is -2.13. The molecule has 0 aliphatic carbocycles. The molecule has 0 heterocycles. The molecular formula is C24H22N2O8. The normalized spacial score (nSPS) is 10.3. The highest BCUT2D eigenvalue weighted by Crippen LogP contribution is 2.35. The van der Waals surface area contributed by atoms with Crippen LogP contribution < -0.4 is 15.4 Å². The van der Waals surface area contributed by atoms with E-state index in [-0.39, 0.29) is 24.5 Å². The first-order valence-electron chi connectivity index (χ1n) is 10.2. The molecular weight excluding hydrogens is 444 g/mol. The second kappa shape index (κ2) is 10.7. The minimum Gasteiger partial charge on any atom is -0.504 e. The van der Waals surface area contributed by atoms with Crippen LogP contribution in [0.5, 0.6) is 23.0 Å². The zero-order valence-corrected chi connectivity index (χ0v) is 18.1. The Bertz CT molecular complexity index is 1180. The van der Waals surface area contributed by atoms with E-state index in [1.54, 1.807) is 31.2 Å². The Morgan fingerprint density at radius 2 is 1.50 bits per heavy atom. The van der Waals surface area contributed by atoms with Gasteiger partial charge in [-0.05, 0) is 55.0 Å². The maximum Gasteiger partial charge on any atom is 0.513 e. The van der Waals surface area contributed by atoms with Crippen LogP contribution in [0.15, 0.2) is 60.7 Å². The van der Waals surface area contributed by atoms with Gasteiger partial charge in [-0.2, -0.15) is 0 Å². The zero-order chi connectivity index (χ0) is 24.7. The van der Waals surface area contributed by atoms with E-state index in [0.717, 1.165) is 12.1 Å². The van der Waals surface area contributed by atoms with Crippen LogP contribution in [0.1, 0.15) is 33.2 Å². The number of phenols is 3. The van der Waals surface area contributed by atoms with Crippen LogP contribution in [-0.4, -0.2) is 39.9 Å². The average molecular weight is 466 g/mol. The minimum absolute atomic E-state index is 0.0318.